The monoisotopic (exact) mass is 460 g/mol. The Hall–Kier alpha value is -1.38. The van der Waals surface area contributed by atoms with Crippen LogP contribution in [0.1, 0.15) is 122 Å². The zero-order valence-electron chi connectivity index (χ0n) is 21.1. The average molecular weight is 461 g/mol. The van der Waals surface area contributed by atoms with E-state index < -0.39 is 11.6 Å². The van der Waals surface area contributed by atoms with Crippen LogP contribution in [0.2, 0.25) is 0 Å². The van der Waals surface area contributed by atoms with E-state index in [2.05, 4.69) is 6.92 Å². The fourth-order valence-electron chi connectivity index (χ4n) is 6.27. The van der Waals surface area contributed by atoms with E-state index in [1.807, 2.05) is 13.0 Å². The van der Waals surface area contributed by atoms with Gasteiger partial charge in [-0.25, -0.2) is 4.39 Å². The van der Waals surface area contributed by atoms with Gasteiger partial charge < -0.3 is 4.74 Å². The third-order valence-corrected chi connectivity index (χ3v) is 8.38. The van der Waals surface area contributed by atoms with Gasteiger partial charge in [-0.05, 0) is 80.8 Å². The van der Waals surface area contributed by atoms with E-state index in [0.717, 1.165) is 43.4 Å². The maximum Gasteiger partial charge on any atom is 0.200 e. The Balaban J connectivity index is 1.39. The molecular formula is C30H46F2O. The standard InChI is InChI=1S/C30H46F2O/c1-3-5-7-8-9-10-11-23-12-14-24(15-13-23)25-16-18-26(19-17-25)27-20-21-28(30(32)29(27)31)33-22-6-4-2/h4,6,20-21,23-26H,3,5,7-19,22H2,1-2H3/b6-4+. The molecule has 0 atom stereocenters. The smallest absolute Gasteiger partial charge is 0.200 e. The lowest BCUT2D eigenvalue weighted by Gasteiger charge is -2.38. The summed E-state index contributed by atoms with van der Waals surface area (Å²) in [5.74, 6) is 1.22. The SMILES string of the molecule is C/C=C/COc1ccc(C2CCC(C3CCC(CCCCCCCC)CC3)CC2)c(F)c1F. The molecule has 1 aromatic carbocycles. The molecule has 0 radical (unpaired) electrons. The molecule has 2 saturated carbocycles. The second-order valence-electron chi connectivity index (χ2n) is 10.6. The number of allylic oxidation sites excluding steroid dienone is 1. The van der Waals surface area contributed by atoms with Crippen molar-refractivity contribution in [3.05, 3.63) is 41.5 Å². The van der Waals surface area contributed by atoms with Crippen molar-refractivity contribution in [1.82, 2.24) is 0 Å². The summed E-state index contributed by atoms with van der Waals surface area (Å²) < 4.78 is 34.6. The minimum Gasteiger partial charge on any atom is -0.486 e. The number of unbranched alkanes of at least 4 members (excludes halogenated alkanes) is 5. The largest absolute Gasteiger partial charge is 0.486 e. The van der Waals surface area contributed by atoms with Crippen molar-refractivity contribution in [3.8, 4) is 5.75 Å². The number of hydrogen-bond acceptors (Lipinski definition) is 1. The maximum atomic E-state index is 14.8. The Labute approximate surface area is 201 Å². The zero-order valence-corrected chi connectivity index (χ0v) is 21.1. The van der Waals surface area contributed by atoms with Crippen LogP contribution < -0.4 is 4.74 Å². The highest BCUT2D eigenvalue weighted by Crippen LogP contribution is 2.45. The zero-order chi connectivity index (χ0) is 23.5. The van der Waals surface area contributed by atoms with Crippen molar-refractivity contribution in [2.45, 2.75) is 116 Å². The topological polar surface area (TPSA) is 9.23 Å². The van der Waals surface area contributed by atoms with Crippen LogP contribution in [0.25, 0.3) is 0 Å². The quantitative estimate of drug-likeness (QED) is 0.223. The number of benzene rings is 1. The van der Waals surface area contributed by atoms with Gasteiger partial charge in [0.15, 0.2) is 11.6 Å². The molecule has 0 aliphatic heterocycles. The summed E-state index contributed by atoms with van der Waals surface area (Å²) >= 11 is 0. The lowest BCUT2D eigenvalue weighted by molar-refractivity contribution is 0.155. The summed E-state index contributed by atoms with van der Waals surface area (Å²) in [7, 11) is 0. The van der Waals surface area contributed by atoms with Crippen molar-refractivity contribution in [2.24, 2.45) is 17.8 Å². The van der Waals surface area contributed by atoms with Crippen LogP contribution in [-0.2, 0) is 0 Å². The van der Waals surface area contributed by atoms with Crippen LogP contribution in [-0.4, -0.2) is 6.61 Å². The molecular weight excluding hydrogens is 414 g/mol. The third kappa shape index (κ3) is 7.82. The van der Waals surface area contributed by atoms with E-state index in [9.17, 15) is 8.78 Å². The van der Waals surface area contributed by atoms with Crippen LogP contribution in [0.5, 0.6) is 5.75 Å². The van der Waals surface area contributed by atoms with Crippen LogP contribution >= 0.6 is 0 Å². The van der Waals surface area contributed by atoms with Gasteiger partial charge in [-0.1, -0.05) is 82.9 Å². The van der Waals surface area contributed by atoms with Crippen LogP contribution in [0.4, 0.5) is 8.78 Å². The summed E-state index contributed by atoms with van der Waals surface area (Å²) in [6, 6.07) is 3.36. The second-order valence-corrected chi connectivity index (χ2v) is 10.6. The Kier molecular flexibility index (Phi) is 11.2. The molecule has 0 bridgehead atoms. The number of ether oxygens (including phenoxy) is 1. The fraction of sp³-hybridized carbons (Fsp3) is 0.733. The van der Waals surface area contributed by atoms with Gasteiger partial charge in [0, 0.05) is 0 Å². The van der Waals surface area contributed by atoms with Crippen LogP contribution in [0.15, 0.2) is 24.3 Å². The third-order valence-electron chi connectivity index (χ3n) is 8.38. The molecule has 2 aliphatic rings. The lowest BCUT2D eigenvalue weighted by Crippen LogP contribution is -2.25. The second kappa shape index (κ2) is 14.1. The molecule has 0 N–H and O–H groups in total. The van der Waals surface area contributed by atoms with Gasteiger partial charge in [0.05, 0.1) is 0 Å². The Morgan fingerprint density at radius 1 is 0.818 bits per heavy atom. The molecule has 0 amide bonds. The Bertz CT molecular complexity index is 712. The predicted octanol–water partition coefficient (Wildman–Crippen LogP) is 9.75. The highest BCUT2D eigenvalue weighted by atomic mass is 19.2. The van der Waals surface area contributed by atoms with E-state index in [1.165, 1.54) is 70.6 Å². The molecule has 2 fully saturated rings. The Morgan fingerprint density at radius 3 is 2.12 bits per heavy atom. The molecule has 3 heteroatoms. The fourth-order valence-corrected chi connectivity index (χ4v) is 6.27. The van der Waals surface area contributed by atoms with Gasteiger partial charge in [0.1, 0.15) is 6.61 Å². The summed E-state index contributed by atoms with van der Waals surface area (Å²) in [5, 5.41) is 0. The van der Waals surface area contributed by atoms with Crippen molar-refractivity contribution < 1.29 is 13.5 Å². The number of hydrogen-bond donors (Lipinski definition) is 0. The first-order chi connectivity index (χ1) is 16.1. The molecule has 0 spiro atoms. The van der Waals surface area contributed by atoms with Gasteiger partial charge in [-0.15, -0.1) is 0 Å². The minimum absolute atomic E-state index is 0.0146. The molecule has 2 aliphatic carbocycles. The maximum absolute atomic E-state index is 14.8. The van der Waals surface area contributed by atoms with Crippen LogP contribution in [0.3, 0.4) is 0 Å². The summed E-state index contributed by atoms with van der Waals surface area (Å²) in [6.45, 7) is 4.42. The van der Waals surface area contributed by atoms with Crippen molar-refractivity contribution in [2.75, 3.05) is 6.61 Å². The number of halogens is 2. The predicted molar refractivity (Wildman–Crippen MR) is 135 cm³/mol. The molecule has 0 heterocycles. The first kappa shape index (κ1) is 26.2. The first-order valence-corrected chi connectivity index (χ1v) is 13.9. The average Bonchev–Trinajstić information content (AvgIpc) is 2.85. The summed E-state index contributed by atoms with van der Waals surface area (Å²) in [4.78, 5) is 0. The lowest BCUT2D eigenvalue weighted by atomic mass is 9.68. The normalized spacial score (nSPS) is 26.1. The van der Waals surface area contributed by atoms with E-state index in [-0.39, 0.29) is 18.3 Å². The number of rotatable bonds is 12. The van der Waals surface area contributed by atoms with Crippen molar-refractivity contribution >= 4 is 0 Å². The molecule has 186 valence electrons. The summed E-state index contributed by atoms with van der Waals surface area (Å²) in [5.41, 5.74) is 0.548. The van der Waals surface area contributed by atoms with Gasteiger partial charge in [0.25, 0.3) is 0 Å². The molecule has 0 saturated heterocycles. The van der Waals surface area contributed by atoms with E-state index in [4.69, 9.17) is 4.74 Å². The van der Waals surface area contributed by atoms with E-state index in [1.54, 1.807) is 18.2 Å². The van der Waals surface area contributed by atoms with Gasteiger partial charge in [-0.2, -0.15) is 4.39 Å². The summed E-state index contributed by atoms with van der Waals surface area (Å²) in [6.07, 6.45) is 23.3. The highest BCUT2D eigenvalue weighted by Gasteiger charge is 2.32. The van der Waals surface area contributed by atoms with Crippen molar-refractivity contribution in [3.63, 3.8) is 0 Å². The highest BCUT2D eigenvalue weighted by molar-refractivity contribution is 5.33. The molecule has 1 aromatic rings. The first-order valence-electron chi connectivity index (χ1n) is 13.9. The molecule has 0 aromatic heterocycles. The molecule has 0 unspecified atom stereocenters. The minimum atomic E-state index is -0.831. The molecule has 33 heavy (non-hydrogen) atoms. The van der Waals surface area contributed by atoms with Gasteiger partial charge >= 0.3 is 0 Å². The van der Waals surface area contributed by atoms with Crippen LogP contribution in [0, 0.1) is 29.4 Å². The van der Waals surface area contributed by atoms with Gasteiger partial charge in [-0.3, -0.25) is 0 Å². The van der Waals surface area contributed by atoms with Crippen molar-refractivity contribution in [1.29, 1.82) is 0 Å². The van der Waals surface area contributed by atoms with E-state index >= 15 is 0 Å². The Morgan fingerprint density at radius 2 is 1.45 bits per heavy atom. The molecule has 3 rings (SSSR count). The van der Waals surface area contributed by atoms with E-state index in [0.29, 0.717) is 5.56 Å². The van der Waals surface area contributed by atoms with Gasteiger partial charge in [0.2, 0.25) is 5.82 Å². The molecule has 1 nitrogen and oxygen atoms in total.